The normalized spacial score (nSPS) is 25.1. The number of fused-ring (bicyclic) bond motifs is 1. The SMILES string of the molecule is Cc1ccc2nc(CN3C[C@@H](O)[C@@H](O)C3)cn2c1. The van der Waals surface area contributed by atoms with Crippen molar-refractivity contribution in [1.29, 1.82) is 0 Å². The summed E-state index contributed by atoms with van der Waals surface area (Å²) in [5, 5.41) is 19.0. The highest BCUT2D eigenvalue weighted by Gasteiger charge is 2.29. The molecule has 2 aromatic rings. The van der Waals surface area contributed by atoms with E-state index in [1.54, 1.807) is 0 Å². The van der Waals surface area contributed by atoms with Crippen LogP contribution in [0.4, 0.5) is 0 Å². The van der Waals surface area contributed by atoms with Gasteiger partial charge in [-0.3, -0.25) is 4.90 Å². The van der Waals surface area contributed by atoms with Gasteiger partial charge in [0.1, 0.15) is 5.65 Å². The Balaban J connectivity index is 1.79. The first-order chi connectivity index (χ1) is 8.61. The summed E-state index contributed by atoms with van der Waals surface area (Å²) in [4.78, 5) is 6.54. The van der Waals surface area contributed by atoms with Crippen LogP contribution in [0.3, 0.4) is 0 Å². The second-order valence-corrected chi connectivity index (χ2v) is 5.03. The third kappa shape index (κ3) is 2.12. The molecule has 5 heteroatoms. The van der Waals surface area contributed by atoms with Crippen molar-refractivity contribution >= 4 is 5.65 Å². The summed E-state index contributed by atoms with van der Waals surface area (Å²) in [5.74, 6) is 0. The fourth-order valence-electron chi connectivity index (χ4n) is 2.44. The van der Waals surface area contributed by atoms with E-state index in [0.717, 1.165) is 11.3 Å². The van der Waals surface area contributed by atoms with Crippen LogP contribution in [0.25, 0.3) is 5.65 Å². The topological polar surface area (TPSA) is 61.0 Å². The van der Waals surface area contributed by atoms with E-state index in [4.69, 9.17) is 0 Å². The summed E-state index contributed by atoms with van der Waals surface area (Å²) < 4.78 is 2.01. The summed E-state index contributed by atoms with van der Waals surface area (Å²) in [5.41, 5.74) is 3.08. The molecule has 0 radical (unpaired) electrons. The van der Waals surface area contributed by atoms with Crippen LogP contribution < -0.4 is 0 Å². The minimum absolute atomic E-state index is 0.508. The number of pyridine rings is 1. The first-order valence-corrected chi connectivity index (χ1v) is 6.14. The molecule has 0 saturated carbocycles. The van der Waals surface area contributed by atoms with Crippen molar-refractivity contribution in [1.82, 2.24) is 14.3 Å². The van der Waals surface area contributed by atoms with Gasteiger partial charge in [0.15, 0.2) is 0 Å². The smallest absolute Gasteiger partial charge is 0.137 e. The van der Waals surface area contributed by atoms with Gasteiger partial charge in [-0.25, -0.2) is 4.98 Å². The highest BCUT2D eigenvalue weighted by atomic mass is 16.3. The molecule has 0 bridgehead atoms. The van der Waals surface area contributed by atoms with Crippen molar-refractivity contribution in [2.24, 2.45) is 0 Å². The van der Waals surface area contributed by atoms with Crippen LogP contribution >= 0.6 is 0 Å². The van der Waals surface area contributed by atoms with Crippen molar-refractivity contribution in [3.63, 3.8) is 0 Å². The van der Waals surface area contributed by atoms with Crippen LogP contribution in [0, 0.1) is 6.92 Å². The van der Waals surface area contributed by atoms with Gasteiger partial charge in [0, 0.05) is 32.0 Å². The lowest BCUT2D eigenvalue weighted by Crippen LogP contribution is -2.22. The number of rotatable bonds is 2. The lowest BCUT2D eigenvalue weighted by molar-refractivity contribution is 0.0572. The summed E-state index contributed by atoms with van der Waals surface area (Å²) >= 11 is 0. The Kier molecular flexibility index (Phi) is 2.81. The molecule has 0 aromatic carbocycles. The van der Waals surface area contributed by atoms with Gasteiger partial charge in [0.25, 0.3) is 0 Å². The van der Waals surface area contributed by atoms with E-state index in [2.05, 4.69) is 4.98 Å². The maximum Gasteiger partial charge on any atom is 0.137 e. The highest BCUT2D eigenvalue weighted by Crippen LogP contribution is 2.14. The molecule has 2 N–H and O–H groups in total. The Bertz CT molecular complexity index is 556. The Hall–Kier alpha value is -1.43. The zero-order valence-electron chi connectivity index (χ0n) is 10.3. The van der Waals surface area contributed by atoms with Gasteiger partial charge in [-0.15, -0.1) is 0 Å². The van der Waals surface area contributed by atoms with E-state index < -0.39 is 12.2 Å². The number of aliphatic hydroxyl groups is 2. The summed E-state index contributed by atoms with van der Waals surface area (Å²) in [6, 6.07) is 4.03. The Labute approximate surface area is 105 Å². The molecule has 2 aromatic heterocycles. The molecule has 0 unspecified atom stereocenters. The first kappa shape index (κ1) is 11.6. The Morgan fingerprint density at radius 2 is 1.94 bits per heavy atom. The minimum atomic E-state index is -0.635. The van der Waals surface area contributed by atoms with Gasteiger partial charge < -0.3 is 14.6 Å². The molecule has 1 saturated heterocycles. The third-order valence-corrected chi connectivity index (χ3v) is 3.37. The van der Waals surface area contributed by atoms with Crippen molar-refractivity contribution in [2.75, 3.05) is 13.1 Å². The van der Waals surface area contributed by atoms with Crippen LogP contribution in [0.2, 0.25) is 0 Å². The molecule has 0 amide bonds. The fourth-order valence-corrected chi connectivity index (χ4v) is 2.44. The van der Waals surface area contributed by atoms with E-state index in [0.29, 0.717) is 19.6 Å². The molecule has 18 heavy (non-hydrogen) atoms. The maximum atomic E-state index is 9.51. The molecule has 1 fully saturated rings. The van der Waals surface area contributed by atoms with E-state index in [1.165, 1.54) is 5.56 Å². The van der Waals surface area contributed by atoms with Crippen LogP contribution in [-0.2, 0) is 6.54 Å². The zero-order valence-corrected chi connectivity index (χ0v) is 10.3. The average Bonchev–Trinajstić information content (AvgIpc) is 2.82. The van der Waals surface area contributed by atoms with Crippen LogP contribution in [-0.4, -0.2) is 49.8 Å². The standard InChI is InChI=1S/C13H17N3O2/c1-9-2-3-13-14-10(6-16(13)4-9)5-15-7-11(17)12(18)8-15/h2-4,6,11-12,17-18H,5,7-8H2,1H3/t11-,12+. The molecule has 96 valence electrons. The molecule has 3 heterocycles. The quantitative estimate of drug-likeness (QED) is 0.795. The van der Waals surface area contributed by atoms with Crippen LogP contribution in [0.1, 0.15) is 11.3 Å². The van der Waals surface area contributed by atoms with Crippen LogP contribution in [0.15, 0.2) is 24.5 Å². The predicted molar refractivity (Wildman–Crippen MR) is 67.2 cm³/mol. The molecule has 1 aliphatic heterocycles. The molecule has 2 atom stereocenters. The van der Waals surface area contributed by atoms with E-state index in [9.17, 15) is 10.2 Å². The monoisotopic (exact) mass is 247 g/mol. The number of aliphatic hydroxyl groups excluding tert-OH is 2. The molecule has 0 spiro atoms. The van der Waals surface area contributed by atoms with Crippen molar-refractivity contribution in [3.05, 3.63) is 35.8 Å². The molecule has 5 nitrogen and oxygen atoms in total. The number of hydrogen-bond donors (Lipinski definition) is 2. The van der Waals surface area contributed by atoms with Crippen molar-refractivity contribution < 1.29 is 10.2 Å². The van der Waals surface area contributed by atoms with E-state index in [-0.39, 0.29) is 0 Å². The van der Waals surface area contributed by atoms with Gasteiger partial charge in [0.2, 0.25) is 0 Å². The molecular weight excluding hydrogens is 230 g/mol. The van der Waals surface area contributed by atoms with Crippen LogP contribution in [0.5, 0.6) is 0 Å². The molecule has 0 aliphatic carbocycles. The molecule has 3 rings (SSSR count). The Morgan fingerprint density at radius 1 is 1.22 bits per heavy atom. The highest BCUT2D eigenvalue weighted by molar-refractivity contribution is 5.41. The van der Waals surface area contributed by atoms with E-state index in [1.807, 2.05) is 40.8 Å². The van der Waals surface area contributed by atoms with Gasteiger partial charge in [-0.05, 0) is 18.6 Å². The van der Waals surface area contributed by atoms with Gasteiger partial charge in [-0.1, -0.05) is 6.07 Å². The number of likely N-dealkylation sites (tertiary alicyclic amines) is 1. The maximum absolute atomic E-state index is 9.51. The van der Waals surface area contributed by atoms with Crippen molar-refractivity contribution in [2.45, 2.75) is 25.7 Å². The fraction of sp³-hybridized carbons (Fsp3) is 0.462. The van der Waals surface area contributed by atoms with Gasteiger partial charge in [-0.2, -0.15) is 0 Å². The predicted octanol–water partition coefficient (Wildman–Crippen LogP) is 0.180. The average molecular weight is 247 g/mol. The molecular formula is C13H17N3O2. The number of imidazole rings is 1. The molecule has 1 aliphatic rings. The summed E-state index contributed by atoms with van der Waals surface area (Å²) in [6.45, 7) is 3.73. The zero-order chi connectivity index (χ0) is 12.7. The third-order valence-electron chi connectivity index (χ3n) is 3.37. The van der Waals surface area contributed by atoms with Gasteiger partial charge in [0.05, 0.1) is 17.9 Å². The lowest BCUT2D eigenvalue weighted by atomic mass is 10.3. The number of hydrogen-bond acceptors (Lipinski definition) is 4. The second-order valence-electron chi connectivity index (χ2n) is 5.03. The van der Waals surface area contributed by atoms with Gasteiger partial charge >= 0.3 is 0 Å². The summed E-state index contributed by atoms with van der Waals surface area (Å²) in [7, 11) is 0. The second kappa shape index (κ2) is 4.35. The van der Waals surface area contributed by atoms with Crippen molar-refractivity contribution in [3.8, 4) is 0 Å². The number of β-amino-alcohol motifs (C(OH)–C–C–N with tert-alkyl or cyclic N) is 2. The summed E-state index contributed by atoms with van der Waals surface area (Å²) in [6.07, 6.45) is 2.77. The number of nitrogens with zero attached hydrogens (tertiary/aromatic N) is 3. The minimum Gasteiger partial charge on any atom is -0.389 e. The van der Waals surface area contributed by atoms with E-state index >= 15 is 0 Å². The number of aryl methyl sites for hydroxylation is 1. The number of aromatic nitrogens is 2. The first-order valence-electron chi connectivity index (χ1n) is 6.14. The lowest BCUT2D eigenvalue weighted by Gasteiger charge is -2.11. The Morgan fingerprint density at radius 3 is 2.67 bits per heavy atom. The largest absolute Gasteiger partial charge is 0.389 e.